The Morgan fingerprint density at radius 2 is 2.04 bits per heavy atom. The third kappa shape index (κ3) is 4.66. The summed E-state index contributed by atoms with van der Waals surface area (Å²) in [5, 5.41) is 3.20. The molecule has 0 radical (unpaired) electrons. The highest BCUT2D eigenvalue weighted by atomic mass is 35.5. The second-order valence-corrected chi connectivity index (χ2v) is 8.01. The van der Waals surface area contributed by atoms with Crippen LogP contribution in [0.25, 0.3) is 0 Å². The summed E-state index contributed by atoms with van der Waals surface area (Å²) in [6.45, 7) is 6.24. The van der Waals surface area contributed by atoms with Gasteiger partial charge in [-0.05, 0) is 42.5 Å². The SMILES string of the molecule is CC(C)(C)c1ncsc1C(=O)NC1CCCc2cc(N)ccc21.Cl.Cl. The number of carbonyl (C=O) groups is 1. The van der Waals surface area contributed by atoms with Crippen molar-refractivity contribution >= 4 is 47.7 Å². The Morgan fingerprint density at radius 1 is 1.32 bits per heavy atom. The molecule has 2 aromatic rings. The van der Waals surface area contributed by atoms with Gasteiger partial charge in [0.2, 0.25) is 0 Å². The lowest BCUT2D eigenvalue weighted by atomic mass is 9.87. The van der Waals surface area contributed by atoms with Crippen molar-refractivity contribution < 1.29 is 4.79 Å². The number of nitrogens with zero attached hydrogens (tertiary/aromatic N) is 1. The van der Waals surface area contributed by atoms with Gasteiger partial charge in [0.15, 0.2) is 0 Å². The van der Waals surface area contributed by atoms with E-state index in [9.17, 15) is 4.79 Å². The Morgan fingerprint density at radius 3 is 2.72 bits per heavy atom. The fourth-order valence-electron chi connectivity index (χ4n) is 3.15. The lowest BCUT2D eigenvalue weighted by Gasteiger charge is -2.27. The van der Waals surface area contributed by atoms with Crippen molar-refractivity contribution in [2.75, 3.05) is 5.73 Å². The van der Waals surface area contributed by atoms with E-state index in [1.165, 1.54) is 22.5 Å². The summed E-state index contributed by atoms with van der Waals surface area (Å²) in [6, 6.07) is 6.05. The van der Waals surface area contributed by atoms with Crippen LogP contribution < -0.4 is 11.1 Å². The van der Waals surface area contributed by atoms with Gasteiger partial charge < -0.3 is 11.1 Å². The summed E-state index contributed by atoms with van der Waals surface area (Å²) in [6.07, 6.45) is 3.06. The third-order valence-electron chi connectivity index (χ3n) is 4.27. The summed E-state index contributed by atoms with van der Waals surface area (Å²) in [5.41, 5.74) is 11.6. The van der Waals surface area contributed by atoms with Gasteiger partial charge in [0.25, 0.3) is 5.91 Å². The Kier molecular flexibility index (Phi) is 7.29. The quantitative estimate of drug-likeness (QED) is 0.717. The molecule has 1 heterocycles. The van der Waals surface area contributed by atoms with Crippen molar-refractivity contribution in [1.29, 1.82) is 0 Å². The number of anilines is 1. The smallest absolute Gasteiger partial charge is 0.263 e. The molecule has 1 aromatic carbocycles. The number of aromatic nitrogens is 1. The lowest BCUT2D eigenvalue weighted by Crippen LogP contribution is -2.32. The minimum absolute atomic E-state index is 0. The first-order chi connectivity index (χ1) is 10.9. The van der Waals surface area contributed by atoms with Gasteiger partial charge >= 0.3 is 0 Å². The molecule has 3 N–H and O–H groups in total. The molecule has 1 aliphatic rings. The number of halogens is 2. The van der Waals surface area contributed by atoms with Gasteiger partial charge in [-0.3, -0.25) is 4.79 Å². The number of nitrogens with one attached hydrogen (secondary N) is 1. The average Bonchev–Trinajstić information content (AvgIpc) is 2.96. The predicted molar refractivity (Wildman–Crippen MR) is 109 cm³/mol. The van der Waals surface area contributed by atoms with Crippen LogP contribution in [0.15, 0.2) is 23.7 Å². The topological polar surface area (TPSA) is 68.0 Å². The number of nitrogen functional groups attached to an aromatic ring is 1. The van der Waals surface area contributed by atoms with Crippen molar-refractivity contribution in [3.63, 3.8) is 0 Å². The van der Waals surface area contributed by atoms with Crippen molar-refractivity contribution in [2.45, 2.75) is 51.5 Å². The largest absolute Gasteiger partial charge is 0.399 e. The van der Waals surface area contributed by atoms with Gasteiger partial charge in [-0.2, -0.15) is 0 Å². The maximum Gasteiger partial charge on any atom is 0.263 e. The van der Waals surface area contributed by atoms with E-state index in [0.29, 0.717) is 0 Å². The van der Waals surface area contributed by atoms with Crippen molar-refractivity contribution in [1.82, 2.24) is 10.3 Å². The van der Waals surface area contributed by atoms with Gasteiger partial charge in [0.05, 0.1) is 17.2 Å². The molecule has 25 heavy (non-hydrogen) atoms. The van der Waals surface area contributed by atoms with E-state index in [4.69, 9.17) is 5.73 Å². The van der Waals surface area contributed by atoms with Crippen LogP contribution in [0.5, 0.6) is 0 Å². The standard InChI is InChI=1S/C18H23N3OS.2ClH/c1-18(2,3)16-15(23-10-20-16)17(22)21-14-6-4-5-11-9-12(19)7-8-13(11)14;;/h7-10,14H,4-6,19H2,1-3H3,(H,21,22);2*1H. The summed E-state index contributed by atoms with van der Waals surface area (Å²) in [7, 11) is 0. The minimum Gasteiger partial charge on any atom is -0.399 e. The van der Waals surface area contributed by atoms with Gasteiger partial charge in [-0.1, -0.05) is 26.8 Å². The molecular formula is C18H25Cl2N3OS. The lowest BCUT2D eigenvalue weighted by molar-refractivity contribution is 0.0934. The van der Waals surface area contributed by atoms with E-state index in [1.807, 2.05) is 18.2 Å². The van der Waals surface area contributed by atoms with E-state index in [-0.39, 0.29) is 42.2 Å². The van der Waals surface area contributed by atoms with E-state index < -0.39 is 0 Å². The molecule has 1 atom stereocenters. The molecule has 0 saturated heterocycles. The predicted octanol–water partition coefficient (Wildman–Crippen LogP) is 4.67. The molecule has 0 aliphatic heterocycles. The Bertz CT molecular complexity index is 740. The van der Waals surface area contributed by atoms with E-state index >= 15 is 0 Å². The summed E-state index contributed by atoms with van der Waals surface area (Å²) < 4.78 is 0. The van der Waals surface area contributed by atoms with Crippen LogP contribution in [-0.4, -0.2) is 10.9 Å². The number of hydrogen-bond acceptors (Lipinski definition) is 4. The number of rotatable bonds is 2. The summed E-state index contributed by atoms with van der Waals surface area (Å²) in [4.78, 5) is 17.9. The van der Waals surface area contributed by atoms with Crippen LogP contribution >= 0.6 is 36.2 Å². The molecule has 1 aliphatic carbocycles. The van der Waals surface area contributed by atoms with Gasteiger partial charge in [-0.15, -0.1) is 36.2 Å². The number of fused-ring (bicyclic) bond motifs is 1. The molecule has 4 nitrogen and oxygen atoms in total. The zero-order valence-corrected chi connectivity index (χ0v) is 17.1. The third-order valence-corrected chi connectivity index (χ3v) is 5.10. The first-order valence-corrected chi connectivity index (χ1v) is 8.87. The molecular weight excluding hydrogens is 377 g/mol. The van der Waals surface area contributed by atoms with E-state index in [2.05, 4.69) is 31.1 Å². The zero-order chi connectivity index (χ0) is 16.6. The van der Waals surface area contributed by atoms with Gasteiger partial charge in [-0.25, -0.2) is 4.98 Å². The fourth-order valence-corrected chi connectivity index (χ4v) is 4.05. The van der Waals surface area contributed by atoms with Crippen LogP contribution in [0.3, 0.4) is 0 Å². The molecule has 1 aromatic heterocycles. The average molecular weight is 402 g/mol. The van der Waals surface area contributed by atoms with Crippen LogP contribution in [-0.2, 0) is 11.8 Å². The monoisotopic (exact) mass is 401 g/mol. The highest BCUT2D eigenvalue weighted by molar-refractivity contribution is 7.11. The number of aryl methyl sites for hydroxylation is 1. The van der Waals surface area contributed by atoms with Gasteiger partial charge in [0, 0.05) is 11.1 Å². The second kappa shape index (κ2) is 8.39. The molecule has 7 heteroatoms. The van der Waals surface area contributed by atoms with Crippen molar-refractivity contribution in [3.8, 4) is 0 Å². The molecule has 0 bridgehead atoms. The first-order valence-electron chi connectivity index (χ1n) is 7.99. The molecule has 1 amide bonds. The van der Waals surface area contributed by atoms with Crippen LogP contribution in [0.1, 0.15) is 66.1 Å². The highest BCUT2D eigenvalue weighted by Gasteiger charge is 2.28. The number of hydrogen-bond donors (Lipinski definition) is 2. The summed E-state index contributed by atoms with van der Waals surface area (Å²) >= 11 is 1.41. The normalized spacial score (nSPS) is 16.2. The second-order valence-electron chi connectivity index (χ2n) is 7.16. The highest BCUT2D eigenvalue weighted by Crippen LogP contribution is 2.32. The number of amides is 1. The van der Waals surface area contributed by atoms with Crippen molar-refractivity contribution in [3.05, 3.63) is 45.4 Å². The van der Waals surface area contributed by atoms with Crippen LogP contribution in [0.2, 0.25) is 0 Å². The molecule has 3 rings (SSSR count). The Labute approximate surface area is 165 Å². The molecule has 138 valence electrons. The van der Waals surface area contributed by atoms with Crippen LogP contribution in [0, 0.1) is 0 Å². The number of carbonyl (C=O) groups excluding carboxylic acids is 1. The maximum absolute atomic E-state index is 12.8. The Hall–Kier alpha value is -1.30. The fraction of sp³-hybridized carbons (Fsp3) is 0.444. The molecule has 0 spiro atoms. The minimum atomic E-state index is -0.133. The number of thiazole rings is 1. The number of benzene rings is 1. The Balaban J connectivity index is 0.00000156. The summed E-state index contributed by atoms with van der Waals surface area (Å²) in [5.74, 6) is -0.0212. The van der Waals surface area contributed by atoms with Crippen molar-refractivity contribution in [2.24, 2.45) is 0 Å². The number of nitrogens with two attached hydrogens (primary N) is 1. The molecule has 0 saturated carbocycles. The molecule has 1 unspecified atom stereocenters. The molecule has 0 fully saturated rings. The van der Waals surface area contributed by atoms with Gasteiger partial charge in [0.1, 0.15) is 4.88 Å². The van der Waals surface area contributed by atoms with E-state index in [0.717, 1.165) is 35.5 Å². The first kappa shape index (κ1) is 21.7. The maximum atomic E-state index is 12.8. The van der Waals surface area contributed by atoms with Crippen LogP contribution in [0.4, 0.5) is 5.69 Å². The van der Waals surface area contributed by atoms with E-state index in [1.54, 1.807) is 5.51 Å². The zero-order valence-electron chi connectivity index (χ0n) is 14.7.